The monoisotopic (exact) mass is 233 g/mol. The van der Waals surface area contributed by atoms with Crippen LogP contribution in [0.25, 0.3) is 0 Å². The standard InChI is InChI=1S/C13H19N3O/c1-10-5-3-4-6-11(10)15-12(17)7-16-8-13(2,14)9-16/h3-6H,7-9,14H2,1-2H3,(H,15,17). The van der Waals surface area contributed by atoms with Crippen LogP contribution in [-0.4, -0.2) is 36.0 Å². The fourth-order valence-electron chi connectivity index (χ4n) is 2.19. The molecular formula is C13H19N3O. The summed E-state index contributed by atoms with van der Waals surface area (Å²) < 4.78 is 0. The number of nitrogens with zero attached hydrogens (tertiary/aromatic N) is 1. The molecule has 4 nitrogen and oxygen atoms in total. The molecule has 17 heavy (non-hydrogen) atoms. The van der Waals surface area contributed by atoms with Gasteiger partial charge >= 0.3 is 0 Å². The van der Waals surface area contributed by atoms with Crippen LogP contribution in [0.1, 0.15) is 12.5 Å². The molecule has 1 aromatic rings. The van der Waals surface area contributed by atoms with Gasteiger partial charge < -0.3 is 11.1 Å². The number of nitrogens with one attached hydrogen (secondary N) is 1. The third-order valence-corrected chi connectivity index (χ3v) is 2.96. The first-order chi connectivity index (χ1) is 7.96. The molecule has 0 spiro atoms. The molecule has 0 unspecified atom stereocenters. The Kier molecular flexibility index (Phi) is 3.17. The van der Waals surface area contributed by atoms with Crippen molar-refractivity contribution in [1.29, 1.82) is 0 Å². The lowest BCUT2D eigenvalue weighted by Gasteiger charge is -2.45. The molecule has 0 atom stereocenters. The summed E-state index contributed by atoms with van der Waals surface area (Å²) in [6, 6.07) is 7.77. The van der Waals surface area contributed by atoms with Gasteiger partial charge in [-0.1, -0.05) is 18.2 Å². The van der Waals surface area contributed by atoms with Crippen molar-refractivity contribution in [2.45, 2.75) is 19.4 Å². The van der Waals surface area contributed by atoms with Gasteiger partial charge in [0.05, 0.1) is 6.54 Å². The fourth-order valence-corrected chi connectivity index (χ4v) is 2.19. The Bertz CT molecular complexity index is 420. The number of likely N-dealkylation sites (tertiary alicyclic amines) is 1. The van der Waals surface area contributed by atoms with E-state index in [-0.39, 0.29) is 11.4 Å². The molecule has 1 aromatic carbocycles. The number of para-hydroxylation sites is 1. The molecule has 92 valence electrons. The Morgan fingerprint density at radius 3 is 2.71 bits per heavy atom. The minimum Gasteiger partial charge on any atom is -0.325 e. The zero-order chi connectivity index (χ0) is 12.5. The number of anilines is 1. The molecule has 1 aliphatic rings. The van der Waals surface area contributed by atoms with Crippen LogP contribution >= 0.6 is 0 Å². The number of hydrogen-bond donors (Lipinski definition) is 2. The van der Waals surface area contributed by atoms with E-state index in [0.29, 0.717) is 6.54 Å². The molecular weight excluding hydrogens is 214 g/mol. The lowest BCUT2D eigenvalue weighted by molar-refractivity contribution is -0.119. The molecule has 0 bridgehead atoms. The average Bonchev–Trinajstić information content (AvgIpc) is 2.18. The van der Waals surface area contributed by atoms with Crippen molar-refractivity contribution in [1.82, 2.24) is 4.90 Å². The highest BCUT2D eigenvalue weighted by Gasteiger charge is 2.35. The fraction of sp³-hybridized carbons (Fsp3) is 0.462. The normalized spacial score (nSPS) is 18.5. The van der Waals surface area contributed by atoms with Crippen LogP contribution in [0.4, 0.5) is 5.69 Å². The Morgan fingerprint density at radius 1 is 1.47 bits per heavy atom. The van der Waals surface area contributed by atoms with Crippen molar-refractivity contribution in [3.63, 3.8) is 0 Å². The molecule has 1 saturated heterocycles. The van der Waals surface area contributed by atoms with Gasteiger partial charge in [-0.2, -0.15) is 0 Å². The van der Waals surface area contributed by atoms with Crippen molar-refractivity contribution in [2.75, 3.05) is 25.0 Å². The van der Waals surface area contributed by atoms with E-state index in [1.54, 1.807) is 0 Å². The van der Waals surface area contributed by atoms with Crippen LogP contribution < -0.4 is 11.1 Å². The predicted octanol–water partition coefficient (Wildman–Crippen LogP) is 0.967. The van der Waals surface area contributed by atoms with Crippen molar-refractivity contribution in [2.24, 2.45) is 5.73 Å². The van der Waals surface area contributed by atoms with Gasteiger partial charge in [0, 0.05) is 24.3 Å². The van der Waals surface area contributed by atoms with E-state index in [2.05, 4.69) is 5.32 Å². The number of aryl methyl sites for hydroxylation is 1. The number of carbonyl (C=O) groups is 1. The lowest BCUT2D eigenvalue weighted by Crippen LogP contribution is -2.66. The quantitative estimate of drug-likeness (QED) is 0.817. The summed E-state index contributed by atoms with van der Waals surface area (Å²) in [5.41, 5.74) is 7.73. The van der Waals surface area contributed by atoms with Gasteiger partial charge in [-0.05, 0) is 25.5 Å². The number of carbonyl (C=O) groups excluding carboxylic acids is 1. The second kappa shape index (κ2) is 4.47. The van der Waals surface area contributed by atoms with Gasteiger partial charge in [-0.3, -0.25) is 9.69 Å². The van der Waals surface area contributed by atoms with Gasteiger partial charge in [0.15, 0.2) is 0 Å². The summed E-state index contributed by atoms with van der Waals surface area (Å²) in [6.07, 6.45) is 0. The molecule has 0 aromatic heterocycles. The topological polar surface area (TPSA) is 58.4 Å². The van der Waals surface area contributed by atoms with E-state index < -0.39 is 0 Å². The van der Waals surface area contributed by atoms with Crippen LogP contribution in [0.5, 0.6) is 0 Å². The molecule has 1 aliphatic heterocycles. The van der Waals surface area contributed by atoms with E-state index in [4.69, 9.17) is 5.73 Å². The summed E-state index contributed by atoms with van der Waals surface area (Å²) >= 11 is 0. The maximum Gasteiger partial charge on any atom is 0.238 e. The minimum atomic E-state index is -0.122. The summed E-state index contributed by atoms with van der Waals surface area (Å²) in [4.78, 5) is 13.8. The van der Waals surface area contributed by atoms with Crippen LogP contribution in [0.3, 0.4) is 0 Å². The van der Waals surface area contributed by atoms with Gasteiger partial charge in [-0.25, -0.2) is 0 Å². The smallest absolute Gasteiger partial charge is 0.238 e. The maximum atomic E-state index is 11.8. The predicted molar refractivity (Wildman–Crippen MR) is 68.8 cm³/mol. The van der Waals surface area contributed by atoms with Crippen molar-refractivity contribution < 1.29 is 4.79 Å². The van der Waals surface area contributed by atoms with Gasteiger partial charge in [0.1, 0.15) is 0 Å². The number of amides is 1. The minimum absolute atomic E-state index is 0.0230. The van der Waals surface area contributed by atoms with E-state index in [1.807, 2.05) is 43.0 Å². The number of hydrogen-bond acceptors (Lipinski definition) is 3. The maximum absolute atomic E-state index is 11.8. The van der Waals surface area contributed by atoms with Gasteiger partial charge in [0.25, 0.3) is 0 Å². The van der Waals surface area contributed by atoms with Crippen LogP contribution in [0.15, 0.2) is 24.3 Å². The van der Waals surface area contributed by atoms with Crippen molar-refractivity contribution >= 4 is 11.6 Å². The Labute approximate surface area is 102 Å². The van der Waals surface area contributed by atoms with Crippen molar-refractivity contribution in [3.05, 3.63) is 29.8 Å². The molecule has 0 saturated carbocycles. The second-order valence-corrected chi connectivity index (χ2v) is 5.16. The molecule has 0 aliphatic carbocycles. The average molecular weight is 233 g/mol. The highest BCUT2D eigenvalue weighted by Crippen LogP contribution is 2.17. The summed E-state index contributed by atoms with van der Waals surface area (Å²) in [5.74, 6) is 0.0230. The van der Waals surface area contributed by atoms with E-state index in [1.165, 1.54) is 0 Å². The first-order valence-corrected chi connectivity index (χ1v) is 5.83. The van der Waals surface area contributed by atoms with Crippen molar-refractivity contribution in [3.8, 4) is 0 Å². The summed E-state index contributed by atoms with van der Waals surface area (Å²) in [5, 5.41) is 2.92. The molecule has 1 fully saturated rings. The molecule has 1 heterocycles. The van der Waals surface area contributed by atoms with Gasteiger partial charge in [0.2, 0.25) is 5.91 Å². The van der Waals surface area contributed by atoms with E-state index in [0.717, 1.165) is 24.3 Å². The second-order valence-electron chi connectivity index (χ2n) is 5.16. The summed E-state index contributed by atoms with van der Waals surface area (Å²) in [7, 11) is 0. The SMILES string of the molecule is Cc1ccccc1NC(=O)CN1CC(C)(N)C1. The zero-order valence-corrected chi connectivity index (χ0v) is 10.4. The first kappa shape index (κ1) is 12.1. The van der Waals surface area contributed by atoms with E-state index >= 15 is 0 Å². The zero-order valence-electron chi connectivity index (χ0n) is 10.4. The van der Waals surface area contributed by atoms with Crippen LogP contribution in [-0.2, 0) is 4.79 Å². The highest BCUT2D eigenvalue weighted by atomic mass is 16.2. The third kappa shape index (κ3) is 3.05. The highest BCUT2D eigenvalue weighted by molar-refractivity contribution is 5.93. The molecule has 4 heteroatoms. The first-order valence-electron chi connectivity index (χ1n) is 5.83. The Hall–Kier alpha value is -1.39. The molecule has 0 radical (unpaired) electrons. The number of benzene rings is 1. The van der Waals surface area contributed by atoms with Gasteiger partial charge in [-0.15, -0.1) is 0 Å². The van der Waals surface area contributed by atoms with Crippen LogP contribution in [0, 0.1) is 6.92 Å². The Balaban J connectivity index is 1.85. The van der Waals surface area contributed by atoms with E-state index in [9.17, 15) is 4.79 Å². The van der Waals surface area contributed by atoms with Crippen LogP contribution in [0.2, 0.25) is 0 Å². The number of nitrogens with two attached hydrogens (primary N) is 1. The third-order valence-electron chi connectivity index (χ3n) is 2.96. The molecule has 3 N–H and O–H groups in total. The lowest BCUT2D eigenvalue weighted by atomic mass is 9.94. The molecule has 1 amide bonds. The largest absolute Gasteiger partial charge is 0.325 e. The number of rotatable bonds is 3. The molecule has 2 rings (SSSR count). The Morgan fingerprint density at radius 2 is 2.12 bits per heavy atom. The summed E-state index contributed by atoms with van der Waals surface area (Å²) in [6.45, 7) is 5.97.